The summed E-state index contributed by atoms with van der Waals surface area (Å²) in [4.78, 5) is 0. The van der Waals surface area contributed by atoms with E-state index in [-0.39, 0.29) is 11.4 Å². The molecule has 0 unspecified atom stereocenters. The van der Waals surface area contributed by atoms with Crippen molar-refractivity contribution in [1.82, 2.24) is 10.2 Å². The van der Waals surface area contributed by atoms with Gasteiger partial charge in [-0.25, -0.2) is 0 Å². The molecule has 0 amide bonds. The van der Waals surface area contributed by atoms with Gasteiger partial charge in [-0.1, -0.05) is 23.2 Å². The van der Waals surface area contributed by atoms with Crippen LogP contribution in [0.15, 0.2) is 18.2 Å². The number of fused-ring (bicyclic) bond motifs is 1. The van der Waals surface area contributed by atoms with E-state index in [1.807, 2.05) is 0 Å². The lowest BCUT2D eigenvalue weighted by atomic mass is 9.94. The smallest absolute Gasteiger partial charge is 0.157 e. The minimum Gasteiger partial charge on any atom is -0.507 e. The van der Waals surface area contributed by atoms with Gasteiger partial charge in [0.1, 0.15) is 11.4 Å². The number of rotatable bonds is 1. The fourth-order valence-electron chi connectivity index (χ4n) is 2.80. The van der Waals surface area contributed by atoms with Gasteiger partial charge in [0.05, 0.1) is 12.2 Å². The lowest BCUT2D eigenvalue weighted by Gasteiger charge is -2.26. The van der Waals surface area contributed by atoms with Crippen molar-refractivity contribution in [1.29, 1.82) is 0 Å². The number of aromatic hydroxyl groups is 1. The normalized spacial score (nSPS) is 18.6. The van der Waals surface area contributed by atoms with Crippen LogP contribution in [0, 0.1) is 0 Å². The average molecular weight is 323 g/mol. The third-order valence-electron chi connectivity index (χ3n) is 4.18. The standard InChI is InChI=1S/C15H12Cl2N2O2/c16-8-1-2-9(12(20)5-8)13-10-6-15(3-4-15)21-7-11(10)14(17)19-18-13/h1-2,5,20H,3-4,6-7H2. The summed E-state index contributed by atoms with van der Waals surface area (Å²) in [6.45, 7) is 0.449. The highest BCUT2D eigenvalue weighted by Crippen LogP contribution is 2.49. The average Bonchev–Trinajstić information content (AvgIpc) is 3.19. The van der Waals surface area contributed by atoms with Gasteiger partial charge in [-0.15, -0.1) is 10.2 Å². The molecular formula is C15H12Cl2N2O2. The van der Waals surface area contributed by atoms with E-state index in [4.69, 9.17) is 27.9 Å². The van der Waals surface area contributed by atoms with Gasteiger partial charge in [0.2, 0.25) is 0 Å². The van der Waals surface area contributed by atoms with E-state index in [1.165, 1.54) is 6.07 Å². The monoisotopic (exact) mass is 322 g/mol. The number of phenols is 1. The number of nitrogens with zero attached hydrogens (tertiary/aromatic N) is 2. The quantitative estimate of drug-likeness (QED) is 0.868. The molecule has 108 valence electrons. The van der Waals surface area contributed by atoms with Gasteiger partial charge >= 0.3 is 0 Å². The summed E-state index contributed by atoms with van der Waals surface area (Å²) in [6.07, 6.45) is 2.87. The molecule has 1 aliphatic heterocycles. The minimum absolute atomic E-state index is 0.0594. The lowest BCUT2D eigenvalue weighted by molar-refractivity contribution is 0.00798. The highest BCUT2D eigenvalue weighted by atomic mass is 35.5. The highest BCUT2D eigenvalue weighted by molar-refractivity contribution is 6.31. The van der Waals surface area contributed by atoms with Crippen LogP contribution < -0.4 is 0 Å². The molecule has 1 N–H and O–H groups in total. The Morgan fingerprint density at radius 2 is 1.95 bits per heavy atom. The number of hydrogen-bond donors (Lipinski definition) is 1. The van der Waals surface area contributed by atoms with E-state index in [0.29, 0.717) is 28.0 Å². The van der Waals surface area contributed by atoms with Crippen molar-refractivity contribution >= 4 is 23.2 Å². The Kier molecular flexibility index (Phi) is 2.89. The summed E-state index contributed by atoms with van der Waals surface area (Å²) in [5.74, 6) is 0.0951. The number of aromatic nitrogens is 2. The molecule has 4 nitrogen and oxygen atoms in total. The van der Waals surface area contributed by atoms with Gasteiger partial charge in [-0.2, -0.15) is 0 Å². The van der Waals surface area contributed by atoms with Crippen LogP contribution in [0.5, 0.6) is 5.75 Å². The van der Waals surface area contributed by atoms with Crippen LogP contribution in [0.3, 0.4) is 0 Å². The third-order valence-corrected chi connectivity index (χ3v) is 4.72. The molecule has 6 heteroatoms. The zero-order valence-electron chi connectivity index (χ0n) is 11.1. The van der Waals surface area contributed by atoms with Crippen molar-refractivity contribution in [3.05, 3.63) is 39.5 Å². The topological polar surface area (TPSA) is 55.2 Å². The van der Waals surface area contributed by atoms with Crippen molar-refractivity contribution in [3.63, 3.8) is 0 Å². The fraction of sp³-hybridized carbons (Fsp3) is 0.333. The minimum atomic E-state index is -0.0594. The van der Waals surface area contributed by atoms with Crippen molar-refractivity contribution in [3.8, 4) is 17.0 Å². The zero-order valence-corrected chi connectivity index (χ0v) is 12.6. The first-order valence-corrected chi connectivity index (χ1v) is 7.50. The van der Waals surface area contributed by atoms with Crippen LogP contribution in [0.4, 0.5) is 0 Å². The molecule has 1 fully saturated rings. The Labute approximate surface area is 131 Å². The van der Waals surface area contributed by atoms with Gasteiger partial charge < -0.3 is 9.84 Å². The number of halogens is 2. The zero-order chi connectivity index (χ0) is 14.6. The Balaban J connectivity index is 1.89. The summed E-state index contributed by atoms with van der Waals surface area (Å²) in [5, 5.41) is 19.2. The molecule has 2 aliphatic rings. The predicted octanol–water partition coefficient (Wildman–Crippen LogP) is 3.76. The fourth-order valence-corrected chi connectivity index (χ4v) is 3.17. The van der Waals surface area contributed by atoms with Crippen molar-refractivity contribution in [2.75, 3.05) is 0 Å². The van der Waals surface area contributed by atoms with Crippen LogP contribution >= 0.6 is 23.2 Å². The molecular weight excluding hydrogens is 311 g/mol. The lowest BCUT2D eigenvalue weighted by Crippen LogP contribution is -2.25. The molecule has 1 spiro atoms. The Hall–Kier alpha value is -1.36. The summed E-state index contributed by atoms with van der Waals surface area (Å²) >= 11 is 12.0. The van der Waals surface area contributed by atoms with Crippen LogP contribution in [0.1, 0.15) is 24.0 Å². The van der Waals surface area contributed by atoms with Crippen molar-refractivity contribution < 1.29 is 9.84 Å². The second kappa shape index (κ2) is 4.57. The number of ether oxygens (including phenoxy) is 1. The molecule has 0 bridgehead atoms. The molecule has 1 aliphatic carbocycles. The molecule has 4 rings (SSSR count). The summed E-state index contributed by atoms with van der Waals surface area (Å²) in [6, 6.07) is 4.99. The van der Waals surface area contributed by atoms with Gasteiger partial charge in [0.25, 0.3) is 0 Å². The van der Waals surface area contributed by atoms with Crippen LogP contribution in [-0.4, -0.2) is 20.9 Å². The van der Waals surface area contributed by atoms with Gasteiger partial charge in [-0.05, 0) is 36.6 Å². The molecule has 0 atom stereocenters. The summed E-state index contributed by atoms with van der Waals surface area (Å²) in [7, 11) is 0. The molecule has 1 aromatic carbocycles. The predicted molar refractivity (Wildman–Crippen MR) is 79.6 cm³/mol. The Bertz CT molecular complexity index is 745. The largest absolute Gasteiger partial charge is 0.507 e. The Morgan fingerprint density at radius 3 is 2.67 bits per heavy atom. The number of phenolic OH excluding ortho intramolecular Hbond substituents is 1. The maximum atomic E-state index is 10.1. The SMILES string of the molecule is Oc1cc(Cl)ccc1-c1nnc(Cl)c2c1CC1(CC1)OC2. The first-order valence-electron chi connectivity index (χ1n) is 6.75. The van der Waals surface area contributed by atoms with E-state index < -0.39 is 0 Å². The molecule has 0 radical (unpaired) electrons. The molecule has 2 heterocycles. The van der Waals surface area contributed by atoms with Crippen LogP contribution in [0.25, 0.3) is 11.3 Å². The highest BCUT2D eigenvalue weighted by Gasteiger charge is 2.48. The van der Waals surface area contributed by atoms with Gasteiger partial charge in [-0.3, -0.25) is 0 Å². The van der Waals surface area contributed by atoms with Crippen LogP contribution in [0.2, 0.25) is 10.2 Å². The second-order valence-corrected chi connectivity index (χ2v) is 6.40. The number of hydrogen-bond acceptors (Lipinski definition) is 4. The molecule has 1 saturated carbocycles. The third kappa shape index (κ3) is 2.18. The van der Waals surface area contributed by atoms with E-state index in [9.17, 15) is 5.11 Å². The molecule has 1 aromatic heterocycles. The van der Waals surface area contributed by atoms with E-state index in [1.54, 1.807) is 12.1 Å². The van der Waals surface area contributed by atoms with E-state index >= 15 is 0 Å². The summed E-state index contributed by atoms with van der Waals surface area (Å²) < 4.78 is 5.89. The van der Waals surface area contributed by atoms with Crippen LogP contribution in [-0.2, 0) is 17.8 Å². The van der Waals surface area contributed by atoms with Crippen molar-refractivity contribution in [2.24, 2.45) is 0 Å². The molecule has 21 heavy (non-hydrogen) atoms. The Morgan fingerprint density at radius 1 is 1.14 bits per heavy atom. The molecule has 2 aromatic rings. The maximum absolute atomic E-state index is 10.1. The second-order valence-electron chi connectivity index (χ2n) is 5.61. The van der Waals surface area contributed by atoms with Crippen molar-refractivity contribution in [2.45, 2.75) is 31.5 Å². The van der Waals surface area contributed by atoms with Gasteiger partial charge in [0.15, 0.2) is 5.15 Å². The van der Waals surface area contributed by atoms with E-state index in [2.05, 4.69) is 10.2 Å². The summed E-state index contributed by atoms with van der Waals surface area (Å²) in [5.41, 5.74) is 3.12. The number of benzene rings is 1. The van der Waals surface area contributed by atoms with E-state index in [0.717, 1.165) is 30.4 Å². The molecule has 0 saturated heterocycles. The maximum Gasteiger partial charge on any atom is 0.157 e. The first kappa shape index (κ1) is 13.3. The first-order chi connectivity index (χ1) is 10.1. The van der Waals surface area contributed by atoms with Gasteiger partial charge in [0, 0.05) is 22.6 Å².